The summed E-state index contributed by atoms with van der Waals surface area (Å²) in [4.78, 5) is 25.6. The highest BCUT2D eigenvalue weighted by Gasteiger charge is 2.27. The highest BCUT2D eigenvalue weighted by Crippen LogP contribution is 2.35. The fraction of sp³-hybridized carbons (Fsp3) is 0.158. The molecule has 0 saturated carbocycles. The predicted molar refractivity (Wildman–Crippen MR) is 97.9 cm³/mol. The summed E-state index contributed by atoms with van der Waals surface area (Å²) < 4.78 is 15.1. The van der Waals surface area contributed by atoms with E-state index in [1.54, 1.807) is 55.6 Å². The fourth-order valence-corrected chi connectivity index (χ4v) is 2.61. The minimum absolute atomic E-state index is 0.141. The average Bonchev–Trinajstić information content (AvgIpc) is 2.65. The molecule has 0 radical (unpaired) electrons. The van der Waals surface area contributed by atoms with Crippen LogP contribution >= 0.6 is 11.6 Å². The molecule has 0 bridgehead atoms. The van der Waals surface area contributed by atoms with Crippen molar-refractivity contribution in [3.8, 4) is 0 Å². The largest absolute Gasteiger partial charge is 0.435 e. The zero-order valence-electron chi connectivity index (χ0n) is 14.2. The van der Waals surface area contributed by atoms with Crippen LogP contribution in [0.25, 0.3) is 11.8 Å². The van der Waals surface area contributed by atoms with E-state index in [0.717, 1.165) is 5.56 Å². The first-order valence-corrected chi connectivity index (χ1v) is 8.10. The molecule has 26 heavy (non-hydrogen) atoms. The van der Waals surface area contributed by atoms with Gasteiger partial charge in [0.25, 0.3) is 0 Å². The molecular formula is C19H16ClNO5. The van der Waals surface area contributed by atoms with Gasteiger partial charge < -0.3 is 14.2 Å². The molecule has 2 aromatic carbocycles. The smallest absolute Gasteiger partial charge is 0.419 e. The van der Waals surface area contributed by atoms with Crippen molar-refractivity contribution in [1.82, 2.24) is 0 Å². The van der Waals surface area contributed by atoms with Gasteiger partial charge in [-0.25, -0.2) is 9.59 Å². The number of halogens is 1. The van der Waals surface area contributed by atoms with Crippen molar-refractivity contribution in [2.45, 2.75) is 0 Å². The molecule has 0 fully saturated rings. The number of carbonyl (C=O) groups is 2. The second-order valence-corrected chi connectivity index (χ2v) is 5.99. The molecule has 0 atom stereocenters. The topological polar surface area (TPSA) is 65.1 Å². The van der Waals surface area contributed by atoms with E-state index in [4.69, 9.17) is 25.8 Å². The van der Waals surface area contributed by atoms with E-state index >= 15 is 0 Å². The monoisotopic (exact) mass is 373 g/mol. The molecule has 0 N–H and O–H groups in total. The minimum Gasteiger partial charge on any atom is -0.435 e. The van der Waals surface area contributed by atoms with Gasteiger partial charge in [0, 0.05) is 24.7 Å². The number of carbonyl (C=O) groups excluding carboxylic acids is 2. The quantitative estimate of drug-likeness (QED) is 0.594. The van der Waals surface area contributed by atoms with Crippen LogP contribution in [0.3, 0.4) is 0 Å². The maximum Gasteiger partial charge on any atom is 0.419 e. The summed E-state index contributed by atoms with van der Waals surface area (Å²) in [5, 5.41) is 0.607. The third-order valence-electron chi connectivity index (χ3n) is 3.81. The molecule has 1 aliphatic heterocycles. The number of anilines is 1. The number of fused-ring (bicyclic) bond motifs is 1. The summed E-state index contributed by atoms with van der Waals surface area (Å²) in [6.07, 6.45) is 1.21. The van der Waals surface area contributed by atoms with E-state index in [9.17, 15) is 9.59 Å². The van der Waals surface area contributed by atoms with Crippen molar-refractivity contribution in [2.24, 2.45) is 0 Å². The van der Waals surface area contributed by atoms with Crippen LogP contribution < -0.4 is 4.90 Å². The second-order valence-electron chi connectivity index (χ2n) is 5.56. The number of hydrogen-bond acceptors (Lipinski definition) is 5. The van der Waals surface area contributed by atoms with Gasteiger partial charge in [0.05, 0.1) is 11.3 Å². The van der Waals surface area contributed by atoms with Crippen molar-refractivity contribution < 1.29 is 23.8 Å². The van der Waals surface area contributed by atoms with Crippen LogP contribution in [0.2, 0.25) is 5.02 Å². The van der Waals surface area contributed by atoms with E-state index < -0.39 is 12.1 Å². The minimum atomic E-state index is -0.528. The summed E-state index contributed by atoms with van der Waals surface area (Å²) >= 11 is 5.90. The number of hydrogen-bond donors (Lipinski definition) is 0. The van der Waals surface area contributed by atoms with Gasteiger partial charge in [-0.3, -0.25) is 4.90 Å². The van der Waals surface area contributed by atoms with Crippen LogP contribution in [0.1, 0.15) is 21.5 Å². The van der Waals surface area contributed by atoms with Crippen LogP contribution in [0.5, 0.6) is 0 Å². The lowest BCUT2D eigenvalue weighted by atomic mass is 10.0. The van der Waals surface area contributed by atoms with E-state index in [-0.39, 0.29) is 6.79 Å². The summed E-state index contributed by atoms with van der Waals surface area (Å²) in [5.74, 6) is -0.188. The summed E-state index contributed by atoms with van der Waals surface area (Å²) in [7, 11) is 3.03. The molecule has 1 heterocycles. The van der Waals surface area contributed by atoms with E-state index in [1.165, 1.54) is 12.0 Å². The van der Waals surface area contributed by atoms with Crippen molar-refractivity contribution in [3.05, 3.63) is 64.2 Å². The fourth-order valence-electron chi connectivity index (χ4n) is 2.48. The Morgan fingerprint density at radius 2 is 1.96 bits per heavy atom. The normalized spacial score (nSPS) is 14.8. The molecule has 3 rings (SSSR count). The number of benzene rings is 2. The van der Waals surface area contributed by atoms with Crippen molar-refractivity contribution in [2.75, 3.05) is 25.9 Å². The molecule has 0 aliphatic carbocycles. The first-order chi connectivity index (χ1) is 12.5. The molecule has 7 heteroatoms. The molecule has 0 aromatic heterocycles. The Morgan fingerprint density at radius 1 is 1.23 bits per heavy atom. The third-order valence-corrected chi connectivity index (χ3v) is 4.06. The van der Waals surface area contributed by atoms with E-state index in [0.29, 0.717) is 27.6 Å². The second kappa shape index (κ2) is 7.59. The maximum atomic E-state index is 12.1. The van der Waals surface area contributed by atoms with Crippen LogP contribution in [-0.2, 0) is 14.2 Å². The van der Waals surface area contributed by atoms with Crippen molar-refractivity contribution >= 4 is 41.2 Å². The lowest BCUT2D eigenvalue weighted by molar-refractivity contribution is -0.0125. The Labute approximate surface area is 155 Å². The SMILES string of the molecule is COCOC(=O)c1ccc2c(c1)/C(=C/c1ccc(Cl)cc1)OC(=O)N2C. The van der Waals surface area contributed by atoms with Gasteiger partial charge in [-0.05, 0) is 42.0 Å². The zero-order chi connectivity index (χ0) is 18.7. The van der Waals surface area contributed by atoms with Crippen LogP contribution in [-0.4, -0.2) is 33.0 Å². The first kappa shape index (κ1) is 18.0. The number of nitrogens with zero attached hydrogens (tertiary/aromatic N) is 1. The Kier molecular flexibility index (Phi) is 5.25. The molecule has 134 valence electrons. The van der Waals surface area contributed by atoms with Gasteiger partial charge >= 0.3 is 12.1 Å². The number of amides is 1. The predicted octanol–water partition coefficient (Wildman–Crippen LogP) is 4.19. The van der Waals surface area contributed by atoms with Gasteiger partial charge in [-0.2, -0.15) is 0 Å². The summed E-state index contributed by atoms with van der Waals surface area (Å²) in [6.45, 7) is -0.141. The summed E-state index contributed by atoms with van der Waals surface area (Å²) in [5.41, 5.74) is 2.37. The first-order valence-electron chi connectivity index (χ1n) is 7.73. The zero-order valence-corrected chi connectivity index (χ0v) is 14.9. The molecule has 0 spiro atoms. The molecule has 0 unspecified atom stereocenters. The number of cyclic esters (lactones) is 1. The Hall–Kier alpha value is -2.83. The lowest BCUT2D eigenvalue weighted by Gasteiger charge is -2.27. The Balaban J connectivity index is 2.03. The highest BCUT2D eigenvalue weighted by molar-refractivity contribution is 6.30. The van der Waals surface area contributed by atoms with Crippen LogP contribution in [0.4, 0.5) is 10.5 Å². The maximum absolute atomic E-state index is 12.1. The summed E-state index contributed by atoms with van der Waals surface area (Å²) in [6, 6.07) is 12.0. The van der Waals surface area contributed by atoms with Crippen molar-refractivity contribution in [1.29, 1.82) is 0 Å². The van der Waals surface area contributed by atoms with Crippen molar-refractivity contribution in [3.63, 3.8) is 0 Å². The molecule has 0 saturated heterocycles. The van der Waals surface area contributed by atoms with Crippen LogP contribution in [0, 0.1) is 0 Å². The van der Waals surface area contributed by atoms with Gasteiger partial charge in [-0.15, -0.1) is 0 Å². The van der Waals surface area contributed by atoms with E-state index in [1.807, 2.05) is 0 Å². The van der Waals surface area contributed by atoms with Crippen LogP contribution in [0.15, 0.2) is 42.5 Å². The molecule has 1 aliphatic rings. The number of esters is 1. The van der Waals surface area contributed by atoms with Gasteiger partial charge in [0.15, 0.2) is 6.79 Å². The van der Waals surface area contributed by atoms with Gasteiger partial charge in [0.1, 0.15) is 5.76 Å². The van der Waals surface area contributed by atoms with Gasteiger partial charge in [0.2, 0.25) is 0 Å². The molecule has 1 amide bonds. The number of methoxy groups -OCH3 is 1. The van der Waals surface area contributed by atoms with E-state index in [2.05, 4.69) is 0 Å². The third kappa shape index (κ3) is 3.71. The Bertz CT molecular complexity index is 876. The number of rotatable bonds is 4. The van der Waals surface area contributed by atoms with Gasteiger partial charge in [-0.1, -0.05) is 23.7 Å². The standard InChI is InChI=1S/C19H16ClNO5/c1-21-16-8-5-13(18(22)25-11-24-2)10-15(16)17(26-19(21)23)9-12-3-6-14(20)7-4-12/h3-10H,11H2,1-2H3/b17-9-. The molecule has 6 nitrogen and oxygen atoms in total. The Morgan fingerprint density at radius 3 is 2.65 bits per heavy atom. The molecule has 2 aromatic rings. The highest BCUT2D eigenvalue weighted by atomic mass is 35.5. The molecular weight excluding hydrogens is 358 g/mol. The lowest BCUT2D eigenvalue weighted by Crippen LogP contribution is -2.31. The average molecular weight is 374 g/mol. The number of ether oxygens (including phenoxy) is 3.